The van der Waals surface area contributed by atoms with Crippen LogP contribution in [-0.4, -0.2) is 18.6 Å². The van der Waals surface area contributed by atoms with Gasteiger partial charge in [-0.3, -0.25) is 0 Å². The minimum Gasteiger partial charge on any atom is -0.473 e. The number of hydrogen-bond donors (Lipinski definition) is 1. The highest BCUT2D eigenvalue weighted by Gasteiger charge is 2.24. The van der Waals surface area contributed by atoms with Gasteiger partial charge in [0.2, 0.25) is 0 Å². The maximum Gasteiger partial charge on any atom is 0.273 e. The van der Waals surface area contributed by atoms with Crippen molar-refractivity contribution in [3.63, 3.8) is 0 Å². The van der Waals surface area contributed by atoms with E-state index in [1.165, 1.54) is 15.3 Å². The summed E-state index contributed by atoms with van der Waals surface area (Å²) in [6, 6.07) is 2.54. The summed E-state index contributed by atoms with van der Waals surface area (Å²) in [7, 11) is 1.66. The highest BCUT2D eigenvalue weighted by atomic mass is 32.1. The Hall–Kier alpha value is -0.910. The summed E-state index contributed by atoms with van der Waals surface area (Å²) < 4.78 is 5.14. The SMILES string of the molecule is COc1ncc(C2NCCc3ccsc32)s1. The first-order valence-electron chi connectivity index (χ1n) is 5.18. The summed E-state index contributed by atoms with van der Waals surface area (Å²) in [6.07, 6.45) is 3.04. The van der Waals surface area contributed by atoms with E-state index in [0.29, 0.717) is 6.04 Å². The molecule has 1 N–H and O–H groups in total. The predicted molar refractivity (Wildman–Crippen MR) is 66.5 cm³/mol. The number of ether oxygens (including phenoxy) is 1. The number of hydrogen-bond acceptors (Lipinski definition) is 5. The smallest absolute Gasteiger partial charge is 0.273 e. The topological polar surface area (TPSA) is 34.1 Å². The number of nitrogens with one attached hydrogen (secondary N) is 1. The zero-order chi connectivity index (χ0) is 11.0. The third-order valence-corrected chi connectivity index (χ3v) is 4.79. The molecule has 1 aliphatic heterocycles. The van der Waals surface area contributed by atoms with Crippen LogP contribution in [0.4, 0.5) is 0 Å². The van der Waals surface area contributed by atoms with Gasteiger partial charge in [0, 0.05) is 17.6 Å². The average Bonchev–Trinajstić information content (AvgIpc) is 2.97. The first kappa shape index (κ1) is 10.3. The fourth-order valence-corrected chi connectivity index (χ4v) is 3.91. The van der Waals surface area contributed by atoms with Gasteiger partial charge in [0.1, 0.15) is 0 Å². The zero-order valence-corrected chi connectivity index (χ0v) is 10.5. The zero-order valence-electron chi connectivity index (χ0n) is 8.90. The van der Waals surface area contributed by atoms with E-state index in [-0.39, 0.29) is 0 Å². The van der Waals surface area contributed by atoms with Gasteiger partial charge in [-0.25, -0.2) is 4.98 Å². The number of aromatic nitrogens is 1. The molecule has 1 atom stereocenters. The first-order chi connectivity index (χ1) is 7.88. The van der Waals surface area contributed by atoms with Crippen LogP contribution in [0.1, 0.15) is 21.4 Å². The molecule has 84 valence electrons. The van der Waals surface area contributed by atoms with E-state index >= 15 is 0 Å². The molecule has 3 heterocycles. The fourth-order valence-electron chi connectivity index (χ4n) is 1.98. The summed E-state index contributed by atoms with van der Waals surface area (Å²) in [5.74, 6) is 0. The third-order valence-electron chi connectivity index (χ3n) is 2.75. The van der Waals surface area contributed by atoms with Crippen molar-refractivity contribution in [2.24, 2.45) is 0 Å². The van der Waals surface area contributed by atoms with Crippen molar-refractivity contribution in [2.75, 3.05) is 13.7 Å². The monoisotopic (exact) mass is 252 g/mol. The van der Waals surface area contributed by atoms with E-state index in [0.717, 1.165) is 18.2 Å². The summed E-state index contributed by atoms with van der Waals surface area (Å²) in [6.45, 7) is 1.04. The van der Waals surface area contributed by atoms with Gasteiger partial charge in [0.15, 0.2) is 0 Å². The molecule has 1 aliphatic rings. The van der Waals surface area contributed by atoms with Crippen LogP contribution < -0.4 is 10.1 Å². The molecule has 2 aromatic rings. The highest BCUT2D eigenvalue weighted by molar-refractivity contribution is 7.14. The normalized spacial score (nSPS) is 19.4. The Labute approximate surface area is 102 Å². The molecule has 0 bridgehead atoms. The molecular formula is C11H12N2OS2. The lowest BCUT2D eigenvalue weighted by Crippen LogP contribution is -2.28. The van der Waals surface area contributed by atoms with Crippen LogP contribution >= 0.6 is 22.7 Å². The Morgan fingerprint density at radius 1 is 1.56 bits per heavy atom. The minimum absolute atomic E-state index is 0.310. The molecule has 0 fully saturated rings. The van der Waals surface area contributed by atoms with Crippen LogP contribution in [0.5, 0.6) is 5.19 Å². The standard InChI is InChI=1S/C11H12N2OS2/c1-14-11-13-6-8(16-11)9-10-7(2-4-12-9)3-5-15-10/h3,5-6,9,12H,2,4H2,1H3. The average molecular weight is 252 g/mol. The van der Waals surface area contributed by atoms with Crippen molar-refractivity contribution >= 4 is 22.7 Å². The van der Waals surface area contributed by atoms with Crippen molar-refractivity contribution < 1.29 is 4.74 Å². The summed E-state index contributed by atoms with van der Waals surface area (Å²) >= 11 is 3.44. The molecule has 0 radical (unpaired) electrons. The largest absolute Gasteiger partial charge is 0.473 e. The van der Waals surface area contributed by atoms with Gasteiger partial charge in [0.05, 0.1) is 18.0 Å². The number of methoxy groups -OCH3 is 1. The van der Waals surface area contributed by atoms with E-state index in [4.69, 9.17) is 4.74 Å². The molecular weight excluding hydrogens is 240 g/mol. The van der Waals surface area contributed by atoms with E-state index in [9.17, 15) is 0 Å². The number of nitrogens with zero attached hydrogens (tertiary/aromatic N) is 1. The quantitative estimate of drug-likeness (QED) is 0.891. The van der Waals surface area contributed by atoms with Crippen molar-refractivity contribution in [3.8, 4) is 5.19 Å². The van der Waals surface area contributed by atoms with E-state index in [2.05, 4.69) is 21.7 Å². The maximum absolute atomic E-state index is 5.14. The highest BCUT2D eigenvalue weighted by Crippen LogP contribution is 2.36. The Kier molecular flexibility index (Phi) is 2.67. The van der Waals surface area contributed by atoms with Crippen molar-refractivity contribution in [1.82, 2.24) is 10.3 Å². The van der Waals surface area contributed by atoms with Crippen LogP contribution in [-0.2, 0) is 6.42 Å². The number of rotatable bonds is 2. The van der Waals surface area contributed by atoms with Crippen LogP contribution in [0.25, 0.3) is 0 Å². The number of thiophene rings is 1. The molecule has 0 spiro atoms. The van der Waals surface area contributed by atoms with Crippen LogP contribution in [0.15, 0.2) is 17.6 Å². The Balaban J connectivity index is 1.97. The van der Waals surface area contributed by atoms with Gasteiger partial charge >= 0.3 is 0 Å². The summed E-state index contributed by atoms with van der Waals surface area (Å²) in [5, 5.41) is 6.45. The van der Waals surface area contributed by atoms with Crippen molar-refractivity contribution in [2.45, 2.75) is 12.5 Å². The van der Waals surface area contributed by atoms with Gasteiger partial charge in [0.25, 0.3) is 5.19 Å². The van der Waals surface area contributed by atoms with Gasteiger partial charge in [-0.1, -0.05) is 11.3 Å². The molecule has 0 aromatic carbocycles. The molecule has 16 heavy (non-hydrogen) atoms. The Morgan fingerprint density at radius 3 is 3.31 bits per heavy atom. The van der Waals surface area contributed by atoms with Crippen LogP contribution in [0.3, 0.4) is 0 Å². The van der Waals surface area contributed by atoms with Gasteiger partial charge < -0.3 is 10.1 Å². The third kappa shape index (κ3) is 1.65. The molecule has 0 saturated carbocycles. The fraction of sp³-hybridized carbons (Fsp3) is 0.364. The second kappa shape index (κ2) is 4.16. The van der Waals surface area contributed by atoms with E-state index in [1.807, 2.05) is 17.5 Å². The molecule has 1 unspecified atom stereocenters. The maximum atomic E-state index is 5.14. The lowest BCUT2D eigenvalue weighted by molar-refractivity contribution is 0.412. The molecule has 0 saturated heterocycles. The Bertz CT molecular complexity index is 492. The lowest BCUT2D eigenvalue weighted by atomic mass is 10.0. The van der Waals surface area contributed by atoms with Crippen molar-refractivity contribution in [3.05, 3.63) is 33.0 Å². The van der Waals surface area contributed by atoms with Gasteiger partial charge in [-0.2, -0.15) is 0 Å². The first-order valence-corrected chi connectivity index (χ1v) is 6.87. The summed E-state index contributed by atoms with van der Waals surface area (Å²) in [4.78, 5) is 6.89. The van der Waals surface area contributed by atoms with E-state index < -0.39 is 0 Å². The summed E-state index contributed by atoms with van der Waals surface area (Å²) in [5.41, 5.74) is 1.47. The Morgan fingerprint density at radius 2 is 2.50 bits per heavy atom. The molecule has 0 aliphatic carbocycles. The molecule has 5 heteroatoms. The second-order valence-electron chi connectivity index (χ2n) is 3.68. The van der Waals surface area contributed by atoms with Gasteiger partial charge in [-0.15, -0.1) is 11.3 Å². The predicted octanol–water partition coefficient (Wildman–Crippen LogP) is 2.45. The molecule has 3 rings (SSSR count). The van der Waals surface area contributed by atoms with Crippen molar-refractivity contribution in [1.29, 1.82) is 0 Å². The van der Waals surface area contributed by atoms with E-state index in [1.54, 1.807) is 18.4 Å². The van der Waals surface area contributed by atoms with Gasteiger partial charge in [-0.05, 0) is 23.4 Å². The molecule has 2 aromatic heterocycles. The minimum atomic E-state index is 0.310. The van der Waals surface area contributed by atoms with Crippen LogP contribution in [0.2, 0.25) is 0 Å². The number of fused-ring (bicyclic) bond motifs is 1. The van der Waals surface area contributed by atoms with Crippen LogP contribution in [0, 0.1) is 0 Å². The second-order valence-corrected chi connectivity index (χ2v) is 5.65. The molecule has 3 nitrogen and oxygen atoms in total. The number of thiazole rings is 1. The lowest BCUT2D eigenvalue weighted by Gasteiger charge is -2.22. The molecule has 0 amide bonds.